The lowest BCUT2D eigenvalue weighted by atomic mass is 9.90. The summed E-state index contributed by atoms with van der Waals surface area (Å²) in [6, 6.07) is 12.5. The summed E-state index contributed by atoms with van der Waals surface area (Å²) in [7, 11) is 1.69. The van der Waals surface area contributed by atoms with E-state index < -0.39 is 0 Å². The number of imidazole rings is 1. The average Bonchev–Trinajstić information content (AvgIpc) is 3.10. The van der Waals surface area contributed by atoms with Crippen molar-refractivity contribution in [2.45, 2.75) is 19.0 Å². The minimum Gasteiger partial charge on any atom is -0.497 e. The SMILES string of the molecule is COc1ccc(C2CN(Cc3ccncc3)Cc3[nH]cnc32)cc1. The molecule has 1 aliphatic heterocycles. The Morgan fingerprint density at radius 2 is 1.96 bits per heavy atom. The van der Waals surface area contributed by atoms with Gasteiger partial charge in [0.25, 0.3) is 0 Å². The number of fused-ring (bicyclic) bond motifs is 1. The molecule has 0 saturated carbocycles. The van der Waals surface area contributed by atoms with Crippen molar-refractivity contribution in [1.29, 1.82) is 0 Å². The zero-order valence-electron chi connectivity index (χ0n) is 13.6. The first-order valence-corrected chi connectivity index (χ1v) is 8.11. The van der Waals surface area contributed by atoms with E-state index >= 15 is 0 Å². The molecule has 0 amide bonds. The standard InChI is InChI=1S/C19H20N4O/c1-24-16-4-2-15(3-5-16)17-11-23(10-14-6-8-20-9-7-14)12-18-19(17)22-13-21-18/h2-9,13,17H,10-12H2,1H3,(H,21,22). The highest BCUT2D eigenvalue weighted by molar-refractivity contribution is 5.36. The molecule has 5 nitrogen and oxygen atoms in total. The fraction of sp³-hybridized carbons (Fsp3) is 0.263. The van der Waals surface area contributed by atoms with E-state index in [0.717, 1.165) is 31.1 Å². The van der Waals surface area contributed by atoms with Gasteiger partial charge in [-0.05, 0) is 35.4 Å². The number of H-pyrrole nitrogens is 1. The van der Waals surface area contributed by atoms with Gasteiger partial charge in [-0.1, -0.05) is 12.1 Å². The van der Waals surface area contributed by atoms with Crippen molar-refractivity contribution in [2.75, 3.05) is 13.7 Å². The van der Waals surface area contributed by atoms with Gasteiger partial charge in [0.1, 0.15) is 5.75 Å². The predicted molar refractivity (Wildman–Crippen MR) is 91.8 cm³/mol. The average molecular weight is 320 g/mol. The molecule has 122 valence electrons. The normalized spacial score (nSPS) is 17.5. The molecule has 4 rings (SSSR count). The number of pyridine rings is 1. The quantitative estimate of drug-likeness (QED) is 0.803. The van der Waals surface area contributed by atoms with Gasteiger partial charge in [0.05, 0.1) is 24.8 Å². The second kappa shape index (κ2) is 6.45. The van der Waals surface area contributed by atoms with Gasteiger partial charge in [-0.2, -0.15) is 0 Å². The van der Waals surface area contributed by atoms with Crippen LogP contribution < -0.4 is 4.74 Å². The van der Waals surface area contributed by atoms with Gasteiger partial charge in [0, 0.05) is 37.9 Å². The Hall–Kier alpha value is -2.66. The first-order chi connectivity index (χ1) is 11.8. The lowest BCUT2D eigenvalue weighted by molar-refractivity contribution is 0.227. The molecule has 3 heterocycles. The second-order valence-electron chi connectivity index (χ2n) is 6.12. The molecular weight excluding hydrogens is 300 g/mol. The molecule has 0 aliphatic carbocycles. The summed E-state index contributed by atoms with van der Waals surface area (Å²) in [5, 5.41) is 0. The third-order valence-electron chi connectivity index (χ3n) is 4.58. The molecule has 0 saturated heterocycles. The molecule has 0 radical (unpaired) electrons. The van der Waals surface area contributed by atoms with Crippen molar-refractivity contribution < 1.29 is 4.74 Å². The molecule has 0 bridgehead atoms. The largest absolute Gasteiger partial charge is 0.497 e. The van der Waals surface area contributed by atoms with Crippen LogP contribution in [0.25, 0.3) is 0 Å². The molecule has 24 heavy (non-hydrogen) atoms. The van der Waals surface area contributed by atoms with E-state index in [1.54, 1.807) is 13.4 Å². The van der Waals surface area contributed by atoms with E-state index in [1.165, 1.54) is 16.8 Å². The minimum atomic E-state index is 0.271. The van der Waals surface area contributed by atoms with Crippen LogP contribution in [0.2, 0.25) is 0 Å². The number of hydrogen-bond acceptors (Lipinski definition) is 4. The summed E-state index contributed by atoms with van der Waals surface area (Å²) < 4.78 is 5.27. The van der Waals surface area contributed by atoms with Crippen molar-refractivity contribution in [3.8, 4) is 5.75 Å². The number of rotatable bonds is 4. The van der Waals surface area contributed by atoms with Gasteiger partial charge in [-0.3, -0.25) is 9.88 Å². The number of ether oxygens (including phenoxy) is 1. The van der Waals surface area contributed by atoms with Crippen LogP contribution in [0, 0.1) is 0 Å². The fourth-order valence-corrected chi connectivity index (χ4v) is 3.36. The minimum absolute atomic E-state index is 0.271. The monoisotopic (exact) mass is 320 g/mol. The molecule has 2 aromatic heterocycles. The molecular formula is C19H20N4O. The topological polar surface area (TPSA) is 54.0 Å². The Labute approximate surface area is 141 Å². The van der Waals surface area contributed by atoms with Crippen molar-refractivity contribution >= 4 is 0 Å². The molecule has 1 aromatic carbocycles. The summed E-state index contributed by atoms with van der Waals surface area (Å²) in [4.78, 5) is 14.4. The van der Waals surface area contributed by atoms with E-state index in [0.29, 0.717) is 0 Å². The van der Waals surface area contributed by atoms with Crippen LogP contribution in [-0.4, -0.2) is 33.5 Å². The number of hydrogen-bond donors (Lipinski definition) is 1. The van der Waals surface area contributed by atoms with Gasteiger partial charge in [0.2, 0.25) is 0 Å². The van der Waals surface area contributed by atoms with Crippen molar-refractivity contribution in [1.82, 2.24) is 19.9 Å². The van der Waals surface area contributed by atoms with E-state index in [-0.39, 0.29) is 5.92 Å². The Morgan fingerprint density at radius 3 is 2.71 bits per heavy atom. The number of nitrogens with one attached hydrogen (secondary N) is 1. The summed E-state index contributed by atoms with van der Waals surface area (Å²) in [5.41, 5.74) is 4.91. The first kappa shape index (κ1) is 14.9. The van der Waals surface area contributed by atoms with Crippen LogP contribution in [0.5, 0.6) is 5.75 Å². The zero-order chi connectivity index (χ0) is 16.4. The summed E-state index contributed by atoms with van der Waals surface area (Å²) in [6.45, 7) is 2.75. The smallest absolute Gasteiger partial charge is 0.118 e. The number of methoxy groups -OCH3 is 1. The maximum absolute atomic E-state index is 5.27. The molecule has 1 aliphatic rings. The molecule has 3 aromatic rings. The number of aromatic nitrogens is 3. The lowest BCUT2D eigenvalue weighted by Crippen LogP contribution is -2.33. The van der Waals surface area contributed by atoms with Gasteiger partial charge in [-0.25, -0.2) is 4.98 Å². The molecule has 1 unspecified atom stereocenters. The number of benzene rings is 1. The highest BCUT2D eigenvalue weighted by atomic mass is 16.5. The van der Waals surface area contributed by atoms with Crippen LogP contribution in [-0.2, 0) is 13.1 Å². The molecule has 5 heteroatoms. The maximum Gasteiger partial charge on any atom is 0.118 e. The third kappa shape index (κ3) is 2.90. The van der Waals surface area contributed by atoms with Crippen LogP contribution >= 0.6 is 0 Å². The summed E-state index contributed by atoms with van der Waals surface area (Å²) >= 11 is 0. The van der Waals surface area contributed by atoms with Crippen molar-refractivity contribution in [2.24, 2.45) is 0 Å². The Kier molecular flexibility index (Phi) is 4.01. The number of nitrogens with zero attached hydrogens (tertiary/aromatic N) is 3. The Balaban J connectivity index is 1.61. The summed E-state index contributed by atoms with van der Waals surface area (Å²) in [5.74, 6) is 1.15. The number of aromatic amines is 1. The van der Waals surface area contributed by atoms with E-state index in [2.05, 4.69) is 44.1 Å². The third-order valence-corrected chi connectivity index (χ3v) is 4.58. The zero-order valence-corrected chi connectivity index (χ0v) is 13.6. The highest BCUT2D eigenvalue weighted by Crippen LogP contribution is 2.32. The van der Waals surface area contributed by atoms with E-state index in [9.17, 15) is 0 Å². The van der Waals surface area contributed by atoms with Crippen molar-refractivity contribution in [3.63, 3.8) is 0 Å². The maximum atomic E-state index is 5.27. The predicted octanol–water partition coefficient (Wildman–Crippen LogP) is 2.96. The van der Waals surface area contributed by atoms with Crippen molar-refractivity contribution in [3.05, 3.63) is 77.6 Å². The first-order valence-electron chi connectivity index (χ1n) is 8.11. The van der Waals surface area contributed by atoms with E-state index in [4.69, 9.17) is 4.74 Å². The molecule has 1 atom stereocenters. The van der Waals surface area contributed by atoms with Gasteiger partial charge < -0.3 is 9.72 Å². The van der Waals surface area contributed by atoms with Crippen LogP contribution in [0.3, 0.4) is 0 Å². The second-order valence-corrected chi connectivity index (χ2v) is 6.12. The van der Waals surface area contributed by atoms with Crippen LogP contribution in [0.1, 0.15) is 28.4 Å². The van der Waals surface area contributed by atoms with Gasteiger partial charge >= 0.3 is 0 Å². The lowest BCUT2D eigenvalue weighted by Gasteiger charge is -2.32. The van der Waals surface area contributed by atoms with Gasteiger partial charge in [-0.15, -0.1) is 0 Å². The Morgan fingerprint density at radius 1 is 1.17 bits per heavy atom. The molecule has 0 fully saturated rings. The van der Waals surface area contributed by atoms with Gasteiger partial charge in [0.15, 0.2) is 0 Å². The van der Waals surface area contributed by atoms with E-state index in [1.807, 2.05) is 24.5 Å². The Bertz CT molecular complexity index is 798. The summed E-state index contributed by atoms with van der Waals surface area (Å²) in [6.07, 6.45) is 5.50. The van der Waals surface area contributed by atoms with Crippen LogP contribution in [0.15, 0.2) is 55.1 Å². The highest BCUT2D eigenvalue weighted by Gasteiger charge is 2.28. The molecule has 1 N–H and O–H groups in total. The van der Waals surface area contributed by atoms with Crippen LogP contribution in [0.4, 0.5) is 0 Å². The fourth-order valence-electron chi connectivity index (χ4n) is 3.36. The molecule has 0 spiro atoms.